The molecule has 1 atom stereocenters. The molecule has 0 aliphatic rings. The lowest BCUT2D eigenvalue weighted by Gasteiger charge is -2.17. The summed E-state index contributed by atoms with van der Waals surface area (Å²) in [4.78, 5) is 15.7. The molecule has 0 bridgehead atoms. The minimum absolute atomic E-state index is 0.332. The maximum atomic E-state index is 11.3. The van der Waals surface area contributed by atoms with Gasteiger partial charge in [-0.1, -0.05) is 41.9 Å². The zero-order chi connectivity index (χ0) is 15.4. The molecule has 4 nitrogen and oxygen atoms in total. The second-order valence-corrected chi connectivity index (χ2v) is 6.36. The molecule has 1 heterocycles. The maximum Gasteiger partial charge on any atom is 0.320 e. The number of aromatic nitrogens is 1. The average molecular weight is 351 g/mol. The summed E-state index contributed by atoms with van der Waals surface area (Å²) in [5.41, 5.74) is 1.90. The smallest absolute Gasteiger partial charge is 0.320 e. The first-order valence-electron chi connectivity index (χ1n) is 6.97. The molecular weight excluding hydrogens is 332 g/mol. The Kier molecular flexibility index (Phi) is 5.31. The molecule has 0 saturated heterocycles. The van der Waals surface area contributed by atoms with Gasteiger partial charge in [-0.25, -0.2) is 0 Å². The molecule has 0 aliphatic carbocycles. The summed E-state index contributed by atoms with van der Waals surface area (Å²) in [6.45, 7) is 4.53. The van der Waals surface area contributed by atoms with E-state index in [9.17, 15) is 9.90 Å². The molecule has 0 spiro atoms. The van der Waals surface area contributed by atoms with Crippen molar-refractivity contribution in [2.24, 2.45) is 5.92 Å². The van der Waals surface area contributed by atoms with Crippen LogP contribution in [0, 0.1) is 5.92 Å². The van der Waals surface area contributed by atoms with E-state index in [1.807, 2.05) is 38.1 Å². The molecule has 0 saturated carbocycles. The van der Waals surface area contributed by atoms with E-state index in [2.05, 4.69) is 26.2 Å². The van der Waals surface area contributed by atoms with Crippen LogP contribution in [0.25, 0.3) is 10.9 Å². The number of aliphatic carboxylic acids is 1. The molecule has 112 valence electrons. The van der Waals surface area contributed by atoms with E-state index in [0.29, 0.717) is 18.9 Å². The summed E-state index contributed by atoms with van der Waals surface area (Å²) in [6.07, 6.45) is 2.36. The van der Waals surface area contributed by atoms with Gasteiger partial charge in [0.1, 0.15) is 6.04 Å². The second kappa shape index (κ2) is 7.00. The fourth-order valence-corrected chi connectivity index (χ4v) is 2.77. The molecule has 1 aromatic carbocycles. The van der Waals surface area contributed by atoms with Crippen LogP contribution in [0.5, 0.6) is 0 Å². The Morgan fingerprint density at radius 3 is 2.81 bits per heavy atom. The van der Waals surface area contributed by atoms with Crippen molar-refractivity contribution in [1.29, 1.82) is 0 Å². The number of carboxylic acid groups (broad SMARTS) is 1. The van der Waals surface area contributed by atoms with E-state index in [0.717, 1.165) is 20.9 Å². The summed E-state index contributed by atoms with van der Waals surface area (Å²) >= 11 is 3.51. The molecule has 1 unspecified atom stereocenters. The van der Waals surface area contributed by atoms with Crippen LogP contribution in [0.4, 0.5) is 0 Å². The van der Waals surface area contributed by atoms with Crippen molar-refractivity contribution < 1.29 is 9.90 Å². The standard InChI is InChI=1S/C16H19BrN2O2/c1-10(2)8-14(16(20)21)19-9-11-5-6-13(17)12-4-3-7-18-15(11)12/h3-7,10,14,19H,8-9H2,1-2H3,(H,20,21). The van der Waals surface area contributed by atoms with Gasteiger partial charge >= 0.3 is 5.97 Å². The minimum Gasteiger partial charge on any atom is -0.480 e. The number of carbonyl (C=O) groups is 1. The average Bonchev–Trinajstić information content (AvgIpc) is 2.45. The number of halogens is 1. The van der Waals surface area contributed by atoms with Gasteiger partial charge in [0.15, 0.2) is 0 Å². The third-order valence-corrected chi connectivity index (χ3v) is 4.04. The lowest BCUT2D eigenvalue weighted by atomic mass is 10.0. The van der Waals surface area contributed by atoms with Crippen molar-refractivity contribution in [2.45, 2.75) is 32.9 Å². The lowest BCUT2D eigenvalue weighted by Crippen LogP contribution is -2.37. The van der Waals surface area contributed by atoms with Gasteiger partial charge < -0.3 is 10.4 Å². The molecule has 21 heavy (non-hydrogen) atoms. The van der Waals surface area contributed by atoms with Crippen molar-refractivity contribution >= 4 is 32.8 Å². The number of fused-ring (bicyclic) bond motifs is 1. The Hall–Kier alpha value is -1.46. The Bertz CT molecular complexity index is 643. The molecule has 2 rings (SSSR count). The third kappa shape index (κ3) is 4.02. The number of nitrogens with zero attached hydrogens (tertiary/aromatic N) is 1. The van der Waals surface area contributed by atoms with Gasteiger partial charge in [0.2, 0.25) is 0 Å². The zero-order valence-corrected chi connectivity index (χ0v) is 13.7. The van der Waals surface area contributed by atoms with Gasteiger partial charge in [-0.15, -0.1) is 0 Å². The van der Waals surface area contributed by atoms with E-state index in [1.54, 1.807) is 6.20 Å². The number of pyridine rings is 1. The Morgan fingerprint density at radius 1 is 1.38 bits per heavy atom. The van der Waals surface area contributed by atoms with Crippen molar-refractivity contribution in [3.8, 4) is 0 Å². The first-order chi connectivity index (χ1) is 9.99. The second-order valence-electron chi connectivity index (χ2n) is 5.51. The maximum absolute atomic E-state index is 11.3. The zero-order valence-electron chi connectivity index (χ0n) is 12.1. The molecule has 0 radical (unpaired) electrons. The molecular formula is C16H19BrN2O2. The number of rotatable bonds is 6. The van der Waals surface area contributed by atoms with Crippen LogP contribution in [0.15, 0.2) is 34.9 Å². The minimum atomic E-state index is -0.807. The molecule has 2 N–H and O–H groups in total. The topological polar surface area (TPSA) is 62.2 Å². The Morgan fingerprint density at radius 2 is 2.14 bits per heavy atom. The highest BCUT2D eigenvalue weighted by atomic mass is 79.9. The van der Waals surface area contributed by atoms with E-state index >= 15 is 0 Å². The predicted octanol–water partition coefficient (Wildman–Crippen LogP) is 3.59. The van der Waals surface area contributed by atoms with Crippen molar-refractivity contribution in [3.05, 3.63) is 40.5 Å². The van der Waals surface area contributed by atoms with Crippen LogP contribution in [0.3, 0.4) is 0 Å². The van der Waals surface area contributed by atoms with Crippen LogP contribution >= 0.6 is 15.9 Å². The summed E-state index contributed by atoms with van der Waals surface area (Å²) < 4.78 is 0.992. The van der Waals surface area contributed by atoms with Gasteiger partial charge in [0, 0.05) is 22.6 Å². The number of benzene rings is 1. The van der Waals surface area contributed by atoms with E-state index in [1.165, 1.54) is 0 Å². The third-order valence-electron chi connectivity index (χ3n) is 3.34. The highest BCUT2D eigenvalue weighted by Gasteiger charge is 2.18. The van der Waals surface area contributed by atoms with Gasteiger partial charge in [0.05, 0.1) is 5.52 Å². The molecule has 5 heteroatoms. The van der Waals surface area contributed by atoms with Gasteiger partial charge in [-0.2, -0.15) is 0 Å². The van der Waals surface area contributed by atoms with Crippen LogP contribution in [-0.4, -0.2) is 22.1 Å². The molecule has 0 fully saturated rings. The van der Waals surface area contributed by atoms with Crippen molar-refractivity contribution in [2.75, 3.05) is 0 Å². The van der Waals surface area contributed by atoms with Gasteiger partial charge in [0.25, 0.3) is 0 Å². The SMILES string of the molecule is CC(C)CC(NCc1ccc(Br)c2cccnc12)C(=O)O. The first kappa shape index (κ1) is 15.9. The van der Waals surface area contributed by atoms with E-state index in [-0.39, 0.29) is 0 Å². The van der Waals surface area contributed by atoms with E-state index in [4.69, 9.17) is 0 Å². The fraction of sp³-hybridized carbons (Fsp3) is 0.375. The van der Waals surface area contributed by atoms with Crippen molar-refractivity contribution in [1.82, 2.24) is 10.3 Å². The van der Waals surface area contributed by atoms with Gasteiger partial charge in [-0.3, -0.25) is 9.78 Å². The fourth-order valence-electron chi connectivity index (χ4n) is 2.32. The molecule has 0 amide bonds. The Labute approximate surface area is 132 Å². The van der Waals surface area contributed by atoms with Crippen molar-refractivity contribution in [3.63, 3.8) is 0 Å². The predicted molar refractivity (Wildman–Crippen MR) is 87.2 cm³/mol. The number of carboxylic acids is 1. The monoisotopic (exact) mass is 350 g/mol. The number of hydrogen-bond donors (Lipinski definition) is 2. The summed E-state index contributed by atoms with van der Waals surface area (Å²) in [5, 5.41) is 13.4. The lowest BCUT2D eigenvalue weighted by molar-refractivity contribution is -0.140. The normalized spacial score (nSPS) is 12.8. The highest BCUT2D eigenvalue weighted by molar-refractivity contribution is 9.10. The van der Waals surface area contributed by atoms with Crippen LogP contribution in [-0.2, 0) is 11.3 Å². The number of hydrogen-bond acceptors (Lipinski definition) is 3. The molecule has 0 aliphatic heterocycles. The van der Waals surface area contributed by atoms with Gasteiger partial charge in [-0.05, 0) is 30.0 Å². The summed E-state index contributed by atoms with van der Waals surface area (Å²) in [7, 11) is 0. The Balaban J connectivity index is 2.20. The summed E-state index contributed by atoms with van der Waals surface area (Å²) in [6, 6.07) is 7.30. The quantitative estimate of drug-likeness (QED) is 0.835. The largest absolute Gasteiger partial charge is 0.480 e. The number of nitrogens with one attached hydrogen (secondary N) is 1. The summed E-state index contributed by atoms with van der Waals surface area (Å²) in [5.74, 6) is -0.475. The molecule has 2 aromatic rings. The van der Waals surface area contributed by atoms with Crippen LogP contribution < -0.4 is 5.32 Å². The van der Waals surface area contributed by atoms with Crippen LogP contribution in [0.1, 0.15) is 25.8 Å². The highest BCUT2D eigenvalue weighted by Crippen LogP contribution is 2.25. The molecule has 1 aromatic heterocycles. The van der Waals surface area contributed by atoms with E-state index < -0.39 is 12.0 Å². The van der Waals surface area contributed by atoms with Crippen LogP contribution in [0.2, 0.25) is 0 Å². The first-order valence-corrected chi connectivity index (χ1v) is 7.76.